The molecule has 4 nitrogen and oxygen atoms in total. The second-order valence-corrected chi connectivity index (χ2v) is 4.93. The summed E-state index contributed by atoms with van der Waals surface area (Å²) in [7, 11) is 0. The van der Waals surface area contributed by atoms with Gasteiger partial charge in [0, 0.05) is 15.5 Å². The Balaban J connectivity index is 2.40. The summed E-state index contributed by atoms with van der Waals surface area (Å²) in [6.45, 7) is 1.99. The Morgan fingerprint density at radius 1 is 1.33 bits per heavy atom. The molecule has 0 fully saturated rings. The number of hydrogen-bond donors (Lipinski definition) is 2. The van der Waals surface area contributed by atoms with E-state index >= 15 is 0 Å². The number of rotatable bonds is 3. The fourth-order valence-corrected chi connectivity index (χ4v) is 2.07. The highest BCUT2D eigenvalue weighted by molar-refractivity contribution is 14.1. The van der Waals surface area contributed by atoms with E-state index in [-0.39, 0.29) is 5.56 Å². The quantitative estimate of drug-likeness (QED) is 0.829. The van der Waals surface area contributed by atoms with Crippen molar-refractivity contribution in [1.29, 1.82) is 0 Å². The minimum atomic E-state index is -0.969. The summed E-state index contributed by atoms with van der Waals surface area (Å²) >= 11 is 2.24. The molecule has 0 amide bonds. The first-order valence-corrected chi connectivity index (χ1v) is 6.37. The number of carbonyl (C=O) groups is 1. The van der Waals surface area contributed by atoms with E-state index in [1.54, 1.807) is 0 Å². The predicted molar refractivity (Wildman–Crippen MR) is 78.4 cm³/mol. The molecule has 0 aliphatic heterocycles. The number of benzene rings is 1. The van der Waals surface area contributed by atoms with E-state index in [1.807, 2.05) is 25.1 Å². The van der Waals surface area contributed by atoms with Crippen molar-refractivity contribution in [1.82, 2.24) is 4.98 Å². The molecule has 0 unspecified atom stereocenters. The summed E-state index contributed by atoms with van der Waals surface area (Å²) in [5.41, 5.74) is 2.68. The minimum Gasteiger partial charge on any atom is -0.478 e. The van der Waals surface area contributed by atoms with E-state index in [9.17, 15) is 4.79 Å². The van der Waals surface area contributed by atoms with Gasteiger partial charge in [0.25, 0.3) is 0 Å². The summed E-state index contributed by atoms with van der Waals surface area (Å²) in [5, 5.41) is 12.2. The third-order valence-corrected chi connectivity index (χ3v) is 3.76. The average Bonchev–Trinajstić information content (AvgIpc) is 2.35. The number of halogens is 1. The van der Waals surface area contributed by atoms with E-state index < -0.39 is 5.97 Å². The van der Waals surface area contributed by atoms with Gasteiger partial charge >= 0.3 is 5.97 Å². The number of pyridine rings is 1. The molecule has 0 spiro atoms. The van der Waals surface area contributed by atoms with Crippen molar-refractivity contribution < 1.29 is 9.90 Å². The molecular formula is C13H11IN2O2. The monoisotopic (exact) mass is 354 g/mol. The van der Waals surface area contributed by atoms with E-state index in [4.69, 9.17) is 5.11 Å². The zero-order chi connectivity index (χ0) is 13.1. The normalized spacial score (nSPS) is 10.1. The van der Waals surface area contributed by atoms with Crippen molar-refractivity contribution in [3.05, 3.63) is 51.4 Å². The summed E-state index contributed by atoms with van der Waals surface area (Å²) < 4.78 is 1.12. The van der Waals surface area contributed by atoms with E-state index in [2.05, 4.69) is 32.9 Å². The van der Waals surface area contributed by atoms with Crippen molar-refractivity contribution in [2.24, 2.45) is 0 Å². The molecule has 0 aliphatic rings. The lowest BCUT2D eigenvalue weighted by Gasteiger charge is -2.12. The Morgan fingerprint density at radius 2 is 2.11 bits per heavy atom. The number of nitrogens with zero attached hydrogens (tertiary/aromatic N) is 1. The molecule has 0 saturated carbocycles. The number of hydrogen-bond acceptors (Lipinski definition) is 3. The molecule has 0 atom stereocenters. The molecule has 2 aromatic rings. The van der Waals surface area contributed by atoms with Crippen LogP contribution in [0.4, 0.5) is 11.4 Å². The van der Waals surface area contributed by atoms with Crippen LogP contribution in [-0.2, 0) is 0 Å². The fourth-order valence-electron chi connectivity index (χ4n) is 1.57. The number of carboxylic acid groups (broad SMARTS) is 1. The van der Waals surface area contributed by atoms with Crippen LogP contribution in [0.25, 0.3) is 0 Å². The SMILES string of the molecule is Cc1c(I)cccc1Nc1cnccc1C(=O)O. The Labute approximate surface area is 118 Å². The van der Waals surface area contributed by atoms with Crippen LogP contribution in [0.2, 0.25) is 0 Å². The van der Waals surface area contributed by atoms with Crippen molar-refractivity contribution in [3.8, 4) is 0 Å². The zero-order valence-electron chi connectivity index (χ0n) is 9.64. The molecule has 1 aromatic carbocycles. The lowest BCUT2D eigenvalue weighted by Crippen LogP contribution is -2.04. The summed E-state index contributed by atoms with van der Waals surface area (Å²) in [6.07, 6.45) is 2.99. The number of aromatic carboxylic acids is 1. The third kappa shape index (κ3) is 2.61. The molecule has 0 radical (unpaired) electrons. The van der Waals surface area contributed by atoms with Crippen molar-refractivity contribution >= 4 is 39.9 Å². The molecule has 0 saturated heterocycles. The van der Waals surface area contributed by atoms with Crippen LogP contribution in [0.5, 0.6) is 0 Å². The average molecular weight is 354 g/mol. The molecular weight excluding hydrogens is 343 g/mol. The van der Waals surface area contributed by atoms with E-state index in [0.29, 0.717) is 5.69 Å². The molecule has 18 heavy (non-hydrogen) atoms. The van der Waals surface area contributed by atoms with Crippen LogP contribution in [0.1, 0.15) is 15.9 Å². The van der Waals surface area contributed by atoms with Gasteiger partial charge in [0.1, 0.15) is 0 Å². The smallest absolute Gasteiger partial charge is 0.337 e. The molecule has 1 aromatic heterocycles. The largest absolute Gasteiger partial charge is 0.478 e. The Kier molecular flexibility index (Phi) is 3.81. The molecule has 2 N–H and O–H groups in total. The first-order chi connectivity index (χ1) is 8.59. The van der Waals surface area contributed by atoms with Gasteiger partial charge in [-0.25, -0.2) is 4.79 Å². The van der Waals surface area contributed by atoms with Crippen molar-refractivity contribution in [3.63, 3.8) is 0 Å². The maximum atomic E-state index is 11.1. The number of anilines is 2. The van der Waals surface area contributed by atoms with Crippen molar-refractivity contribution in [2.75, 3.05) is 5.32 Å². The van der Waals surface area contributed by atoms with Gasteiger partial charge in [-0.05, 0) is 53.3 Å². The molecule has 92 valence electrons. The van der Waals surface area contributed by atoms with Gasteiger partial charge in [-0.1, -0.05) is 6.07 Å². The summed E-state index contributed by atoms with van der Waals surface area (Å²) in [5.74, 6) is -0.969. The number of aromatic nitrogens is 1. The molecule has 0 aliphatic carbocycles. The second-order valence-electron chi connectivity index (χ2n) is 3.76. The highest BCUT2D eigenvalue weighted by Gasteiger charge is 2.10. The molecule has 5 heteroatoms. The highest BCUT2D eigenvalue weighted by atomic mass is 127. The maximum Gasteiger partial charge on any atom is 0.337 e. The predicted octanol–water partition coefficient (Wildman–Crippen LogP) is 3.44. The van der Waals surface area contributed by atoms with Gasteiger partial charge in [-0.15, -0.1) is 0 Å². The van der Waals surface area contributed by atoms with Crippen LogP contribution in [-0.4, -0.2) is 16.1 Å². The first-order valence-electron chi connectivity index (χ1n) is 5.29. The number of nitrogens with one attached hydrogen (secondary N) is 1. The van der Waals surface area contributed by atoms with Crippen molar-refractivity contribution in [2.45, 2.75) is 6.92 Å². The summed E-state index contributed by atoms with van der Waals surface area (Å²) in [4.78, 5) is 15.0. The lowest BCUT2D eigenvalue weighted by atomic mass is 10.1. The van der Waals surface area contributed by atoms with Crippen LogP contribution in [0.15, 0.2) is 36.7 Å². The van der Waals surface area contributed by atoms with Gasteiger partial charge in [0.15, 0.2) is 0 Å². The van der Waals surface area contributed by atoms with Crippen LogP contribution in [0, 0.1) is 10.5 Å². The Hall–Kier alpha value is -1.63. The Bertz CT molecular complexity index is 599. The van der Waals surface area contributed by atoms with Gasteiger partial charge in [0.05, 0.1) is 17.4 Å². The van der Waals surface area contributed by atoms with Crippen LogP contribution < -0.4 is 5.32 Å². The number of carboxylic acids is 1. The second kappa shape index (κ2) is 5.34. The van der Waals surface area contributed by atoms with Gasteiger partial charge < -0.3 is 10.4 Å². The van der Waals surface area contributed by atoms with Crippen LogP contribution >= 0.6 is 22.6 Å². The first kappa shape index (κ1) is 12.8. The van der Waals surface area contributed by atoms with E-state index in [0.717, 1.165) is 14.8 Å². The maximum absolute atomic E-state index is 11.1. The zero-order valence-corrected chi connectivity index (χ0v) is 11.8. The molecule has 2 rings (SSSR count). The van der Waals surface area contributed by atoms with Gasteiger partial charge in [-0.2, -0.15) is 0 Å². The standard InChI is InChI=1S/C13H11IN2O2/c1-8-10(14)3-2-4-11(8)16-12-7-15-6-5-9(12)13(17)18/h2-7,16H,1H3,(H,17,18). The highest BCUT2D eigenvalue weighted by Crippen LogP contribution is 2.25. The topological polar surface area (TPSA) is 62.2 Å². The van der Waals surface area contributed by atoms with Gasteiger partial charge in [0.2, 0.25) is 0 Å². The summed E-state index contributed by atoms with van der Waals surface area (Å²) in [6, 6.07) is 7.32. The lowest BCUT2D eigenvalue weighted by molar-refractivity contribution is 0.0698. The molecule has 0 bridgehead atoms. The van der Waals surface area contributed by atoms with Crippen LogP contribution in [0.3, 0.4) is 0 Å². The molecule has 1 heterocycles. The Morgan fingerprint density at radius 3 is 2.83 bits per heavy atom. The third-order valence-electron chi connectivity index (χ3n) is 2.59. The van der Waals surface area contributed by atoms with E-state index in [1.165, 1.54) is 18.5 Å². The minimum absolute atomic E-state index is 0.211. The fraction of sp³-hybridized carbons (Fsp3) is 0.0769. The van der Waals surface area contributed by atoms with Gasteiger partial charge in [-0.3, -0.25) is 4.98 Å².